The monoisotopic (exact) mass is 440 g/mol. The summed E-state index contributed by atoms with van der Waals surface area (Å²) in [4.78, 5) is 38.5. The second kappa shape index (κ2) is 8.39. The van der Waals surface area contributed by atoms with Crippen molar-refractivity contribution in [2.75, 3.05) is 6.54 Å². The minimum atomic E-state index is -0.885. The number of benzene rings is 1. The van der Waals surface area contributed by atoms with Crippen molar-refractivity contribution < 1.29 is 19.8 Å². The standard InChI is InChI=1S/C23H24N2O5S/c1-11(2)19(27)17(26)10-24-22(29)18-20(28)15-9-14(21-12(3)6-7-31-21)13(4)8-16(15)25(5)23(18)30/h6-9,27-28H,10H2,1-5H3,(H,24,29). The van der Waals surface area contributed by atoms with Gasteiger partial charge in [-0.3, -0.25) is 14.4 Å². The van der Waals surface area contributed by atoms with Gasteiger partial charge in [0.25, 0.3) is 11.5 Å². The highest BCUT2D eigenvalue weighted by molar-refractivity contribution is 7.13. The molecule has 8 heteroatoms. The average molecular weight is 441 g/mol. The number of aliphatic hydroxyl groups is 1. The summed E-state index contributed by atoms with van der Waals surface area (Å²) in [6, 6.07) is 5.58. The Labute approximate surface area is 183 Å². The lowest BCUT2D eigenvalue weighted by Gasteiger charge is -2.15. The molecule has 0 bridgehead atoms. The summed E-state index contributed by atoms with van der Waals surface area (Å²) >= 11 is 1.57. The summed E-state index contributed by atoms with van der Waals surface area (Å²) in [5, 5.41) is 25.2. The summed E-state index contributed by atoms with van der Waals surface area (Å²) in [7, 11) is 1.52. The maximum Gasteiger partial charge on any atom is 0.267 e. The van der Waals surface area contributed by atoms with Crippen LogP contribution >= 0.6 is 11.3 Å². The molecular weight excluding hydrogens is 416 g/mol. The van der Waals surface area contributed by atoms with Gasteiger partial charge in [-0.2, -0.15) is 0 Å². The number of hydrogen-bond acceptors (Lipinski definition) is 6. The number of aliphatic hydroxyl groups excluding tert-OH is 1. The van der Waals surface area contributed by atoms with Gasteiger partial charge in [0.05, 0.1) is 12.1 Å². The fourth-order valence-corrected chi connectivity index (χ4v) is 4.39. The summed E-state index contributed by atoms with van der Waals surface area (Å²) in [6.45, 7) is 6.55. The Bertz CT molecular complexity index is 1310. The summed E-state index contributed by atoms with van der Waals surface area (Å²) in [5.41, 5.74) is 2.71. The van der Waals surface area contributed by atoms with Gasteiger partial charge < -0.3 is 20.1 Å². The Morgan fingerprint density at radius 3 is 2.42 bits per heavy atom. The van der Waals surface area contributed by atoms with Crippen LogP contribution in [-0.2, 0) is 11.8 Å². The molecule has 0 saturated carbocycles. The first kappa shape index (κ1) is 22.3. The van der Waals surface area contributed by atoms with Crippen molar-refractivity contribution in [3.8, 4) is 16.2 Å². The van der Waals surface area contributed by atoms with Gasteiger partial charge in [0, 0.05) is 17.3 Å². The maximum absolute atomic E-state index is 12.8. The van der Waals surface area contributed by atoms with E-state index < -0.39 is 40.9 Å². The zero-order valence-electron chi connectivity index (χ0n) is 18.0. The number of carbonyl (C=O) groups excluding carboxylic acids is 2. The molecular formula is C23H24N2O5S. The highest BCUT2D eigenvalue weighted by Crippen LogP contribution is 2.36. The molecule has 3 rings (SSSR count). The Kier molecular flexibility index (Phi) is 6.03. The Morgan fingerprint density at radius 1 is 1.16 bits per heavy atom. The number of pyridine rings is 1. The van der Waals surface area contributed by atoms with E-state index in [1.165, 1.54) is 11.6 Å². The van der Waals surface area contributed by atoms with Gasteiger partial charge in [0.2, 0.25) is 5.78 Å². The molecule has 0 unspecified atom stereocenters. The van der Waals surface area contributed by atoms with Crippen molar-refractivity contribution in [2.24, 2.45) is 7.05 Å². The third-order valence-electron chi connectivity index (χ3n) is 5.20. The van der Waals surface area contributed by atoms with E-state index in [1.807, 2.05) is 31.4 Å². The molecule has 3 N–H and O–H groups in total. The van der Waals surface area contributed by atoms with E-state index in [1.54, 1.807) is 31.3 Å². The highest BCUT2D eigenvalue weighted by Gasteiger charge is 2.23. The van der Waals surface area contributed by atoms with Crippen LogP contribution in [0.15, 0.2) is 39.7 Å². The molecule has 7 nitrogen and oxygen atoms in total. The second-order valence-electron chi connectivity index (χ2n) is 7.66. The normalized spacial score (nSPS) is 10.9. The molecule has 31 heavy (non-hydrogen) atoms. The first-order valence-electron chi connectivity index (χ1n) is 9.63. The smallest absolute Gasteiger partial charge is 0.267 e. The van der Waals surface area contributed by atoms with Crippen LogP contribution in [0.4, 0.5) is 0 Å². The van der Waals surface area contributed by atoms with Gasteiger partial charge >= 0.3 is 0 Å². The van der Waals surface area contributed by atoms with Gasteiger partial charge in [-0.1, -0.05) is 0 Å². The van der Waals surface area contributed by atoms with Crippen molar-refractivity contribution in [3.05, 3.63) is 62.0 Å². The van der Waals surface area contributed by atoms with Crippen LogP contribution in [0.2, 0.25) is 0 Å². The number of nitrogens with one attached hydrogen (secondary N) is 1. The number of aromatic nitrogens is 1. The van der Waals surface area contributed by atoms with Crippen LogP contribution < -0.4 is 10.9 Å². The fraction of sp³-hybridized carbons (Fsp3) is 0.261. The van der Waals surface area contributed by atoms with Gasteiger partial charge in [0.15, 0.2) is 5.76 Å². The quantitative estimate of drug-likeness (QED) is 0.414. The van der Waals surface area contributed by atoms with E-state index in [-0.39, 0.29) is 0 Å². The molecule has 0 aliphatic heterocycles. The van der Waals surface area contributed by atoms with E-state index in [2.05, 4.69) is 5.32 Å². The van der Waals surface area contributed by atoms with Crippen LogP contribution in [0.25, 0.3) is 21.3 Å². The number of aromatic hydroxyl groups is 1. The summed E-state index contributed by atoms with van der Waals surface area (Å²) in [6.07, 6.45) is 0. The molecule has 0 atom stereocenters. The van der Waals surface area contributed by atoms with E-state index in [9.17, 15) is 24.6 Å². The van der Waals surface area contributed by atoms with E-state index >= 15 is 0 Å². The largest absolute Gasteiger partial charge is 0.506 e. The number of hydrogen-bond donors (Lipinski definition) is 3. The lowest BCUT2D eigenvalue weighted by Crippen LogP contribution is -2.35. The highest BCUT2D eigenvalue weighted by atomic mass is 32.1. The lowest BCUT2D eigenvalue weighted by atomic mass is 9.99. The molecule has 1 amide bonds. The van der Waals surface area contributed by atoms with Crippen molar-refractivity contribution >= 4 is 33.9 Å². The molecule has 3 aromatic rings. The van der Waals surface area contributed by atoms with E-state index in [0.717, 1.165) is 21.6 Å². The number of Topliss-reactive ketones (excluding diaryl/α,β-unsaturated/α-hetero) is 1. The number of amides is 1. The van der Waals surface area contributed by atoms with E-state index in [4.69, 9.17) is 0 Å². The lowest BCUT2D eigenvalue weighted by molar-refractivity contribution is -0.117. The Hall–Kier alpha value is -3.39. The van der Waals surface area contributed by atoms with Crippen LogP contribution in [0.1, 0.15) is 35.3 Å². The van der Waals surface area contributed by atoms with Gasteiger partial charge in [-0.05, 0) is 73.5 Å². The van der Waals surface area contributed by atoms with Gasteiger partial charge in [-0.25, -0.2) is 0 Å². The third-order valence-corrected chi connectivity index (χ3v) is 6.25. The molecule has 2 heterocycles. The maximum atomic E-state index is 12.8. The van der Waals surface area contributed by atoms with Crippen LogP contribution in [0.5, 0.6) is 5.75 Å². The Balaban J connectivity index is 2.11. The molecule has 0 aliphatic carbocycles. The van der Waals surface area contributed by atoms with Crippen molar-refractivity contribution in [2.45, 2.75) is 27.7 Å². The molecule has 0 radical (unpaired) electrons. The zero-order chi connectivity index (χ0) is 23.0. The fourth-order valence-electron chi connectivity index (χ4n) is 3.38. The van der Waals surface area contributed by atoms with Crippen LogP contribution in [0.3, 0.4) is 0 Å². The van der Waals surface area contributed by atoms with Crippen LogP contribution in [-0.4, -0.2) is 33.0 Å². The second-order valence-corrected chi connectivity index (χ2v) is 8.58. The number of rotatable bonds is 5. The van der Waals surface area contributed by atoms with Gasteiger partial charge in [0.1, 0.15) is 11.3 Å². The number of nitrogens with zero attached hydrogens (tertiary/aromatic N) is 1. The summed E-state index contributed by atoms with van der Waals surface area (Å²) in [5.74, 6) is -2.45. The van der Waals surface area contributed by atoms with Gasteiger partial charge in [-0.15, -0.1) is 11.3 Å². The first-order valence-corrected chi connectivity index (χ1v) is 10.5. The first-order chi connectivity index (χ1) is 14.5. The zero-order valence-corrected chi connectivity index (χ0v) is 18.8. The molecule has 0 fully saturated rings. The third kappa shape index (κ3) is 3.98. The average Bonchev–Trinajstić information content (AvgIpc) is 3.15. The molecule has 1 aromatic carbocycles. The van der Waals surface area contributed by atoms with Crippen molar-refractivity contribution in [1.82, 2.24) is 9.88 Å². The van der Waals surface area contributed by atoms with E-state index in [0.29, 0.717) is 16.5 Å². The molecule has 162 valence electrons. The molecule has 0 aliphatic rings. The predicted molar refractivity (Wildman–Crippen MR) is 122 cm³/mol. The topological polar surface area (TPSA) is 109 Å². The number of thiophene rings is 1. The summed E-state index contributed by atoms with van der Waals surface area (Å²) < 4.78 is 1.30. The number of allylic oxidation sites excluding steroid dienone is 1. The number of carbonyl (C=O) groups is 2. The SMILES string of the molecule is CC(C)=C(O)C(=O)CNC(=O)c1c(O)c2cc(-c3sccc3C)c(C)cc2n(C)c1=O. The molecule has 0 spiro atoms. The molecule has 2 aromatic heterocycles. The van der Waals surface area contributed by atoms with Crippen molar-refractivity contribution in [3.63, 3.8) is 0 Å². The van der Waals surface area contributed by atoms with Crippen LogP contribution in [0, 0.1) is 13.8 Å². The Morgan fingerprint density at radius 2 is 1.84 bits per heavy atom. The predicted octanol–water partition coefficient (Wildman–Crippen LogP) is 3.74. The number of aryl methyl sites for hydroxylation is 3. The number of fused-ring (bicyclic) bond motifs is 1. The molecule has 0 saturated heterocycles. The minimum Gasteiger partial charge on any atom is -0.506 e. The van der Waals surface area contributed by atoms with Crippen molar-refractivity contribution in [1.29, 1.82) is 0 Å². The minimum absolute atomic E-state index is 0.360. The number of ketones is 1.